The van der Waals surface area contributed by atoms with Gasteiger partial charge in [0.2, 0.25) is 0 Å². The van der Waals surface area contributed by atoms with E-state index in [0.29, 0.717) is 17.4 Å². The van der Waals surface area contributed by atoms with E-state index in [1.54, 1.807) is 6.07 Å². The van der Waals surface area contributed by atoms with Gasteiger partial charge < -0.3 is 10.6 Å². The van der Waals surface area contributed by atoms with E-state index >= 15 is 0 Å². The van der Waals surface area contributed by atoms with Crippen molar-refractivity contribution in [3.8, 4) is 0 Å². The molecule has 1 aromatic heterocycles. The van der Waals surface area contributed by atoms with Crippen LogP contribution in [0.4, 0.5) is 5.82 Å². The van der Waals surface area contributed by atoms with Crippen LogP contribution in [0.1, 0.15) is 42.2 Å². The number of pyridine rings is 1. The lowest BCUT2D eigenvalue weighted by molar-refractivity contribution is 0.0785. The second-order valence-corrected chi connectivity index (χ2v) is 4.67. The number of rotatable bonds is 4. The number of nitrogens with zero attached hydrogens (tertiary/aromatic N) is 2. The van der Waals surface area contributed by atoms with Crippen LogP contribution in [0.2, 0.25) is 0 Å². The van der Waals surface area contributed by atoms with Crippen molar-refractivity contribution >= 4 is 11.7 Å². The summed E-state index contributed by atoms with van der Waals surface area (Å²) in [5.74, 6) is 0.488. The molecule has 0 unspecified atom stereocenters. The van der Waals surface area contributed by atoms with E-state index in [9.17, 15) is 4.79 Å². The summed E-state index contributed by atoms with van der Waals surface area (Å²) in [7, 11) is 1.86. The molecule has 0 spiro atoms. The number of hydrogen-bond acceptors (Lipinski definition) is 3. The molecular weight excluding hydrogens is 214 g/mol. The fourth-order valence-electron chi connectivity index (χ4n) is 1.95. The first kappa shape index (κ1) is 11.9. The lowest BCUT2D eigenvalue weighted by atomic mass is 10.1. The van der Waals surface area contributed by atoms with Crippen LogP contribution in [0.25, 0.3) is 0 Å². The Morgan fingerprint density at radius 2 is 2.24 bits per heavy atom. The summed E-state index contributed by atoms with van der Waals surface area (Å²) in [6.45, 7) is 2.09. The van der Waals surface area contributed by atoms with Crippen molar-refractivity contribution in [2.75, 3.05) is 12.8 Å². The number of anilines is 1. The van der Waals surface area contributed by atoms with Crippen molar-refractivity contribution < 1.29 is 4.79 Å². The summed E-state index contributed by atoms with van der Waals surface area (Å²) >= 11 is 0. The molecule has 4 heteroatoms. The van der Waals surface area contributed by atoms with E-state index in [1.165, 1.54) is 0 Å². The summed E-state index contributed by atoms with van der Waals surface area (Å²) in [5.41, 5.74) is 7.30. The van der Waals surface area contributed by atoms with Crippen molar-refractivity contribution in [1.29, 1.82) is 0 Å². The average Bonchev–Trinajstić information content (AvgIpc) is 3.10. The van der Waals surface area contributed by atoms with Crippen molar-refractivity contribution in [2.45, 2.75) is 38.6 Å². The standard InChI is InChI=1S/C13H19N3O/c1-3-4-10-7-9(8-12(14)15-10)13(17)16(2)11-5-6-11/h7-8,11H,3-6H2,1-2H3,(H2,14,15). The summed E-state index contributed by atoms with van der Waals surface area (Å²) in [6, 6.07) is 3.95. The molecule has 2 rings (SSSR count). The topological polar surface area (TPSA) is 59.2 Å². The molecule has 1 aliphatic rings. The van der Waals surface area contributed by atoms with Crippen LogP contribution < -0.4 is 5.73 Å². The van der Waals surface area contributed by atoms with Gasteiger partial charge in [0, 0.05) is 24.3 Å². The van der Waals surface area contributed by atoms with Gasteiger partial charge in [-0.3, -0.25) is 4.79 Å². The summed E-state index contributed by atoms with van der Waals surface area (Å²) in [6.07, 6.45) is 4.09. The van der Waals surface area contributed by atoms with Gasteiger partial charge in [-0.25, -0.2) is 4.98 Å². The highest BCUT2D eigenvalue weighted by atomic mass is 16.2. The highest BCUT2D eigenvalue weighted by molar-refractivity contribution is 5.95. The molecule has 92 valence electrons. The third-order valence-electron chi connectivity index (χ3n) is 3.07. The average molecular weight is 233 g/mol. The van der Waals surface area contributed by atoms with E-state index in [4.69, 9.17) is 5.73 Å². The summed E-state index contributed by atoms with van der Waals surface area (Å²) < 4.78 is 0. The van der Waals surface area contributed by atoms with Crippen molar-refractivity contribution in [1.82, 2.24) is 9.88 Å². The van der Waals surface area contributed by atoms with E-state index < -0.39 is 0 Å². The molecule has 1 heterocycles. The van der Waals surface area contributed by atoms with Crippen LogP contribution in [-0.4, -0.2) is 28.9 Å². The Morgan fingerprint density at radius 3 is 2.82 bits per heavy atom. The third kappa shape index (κ3) is 2.75. The molecule has 2 N–H and O–H groups in total. The Kier molecular flexibility index (Phi) is 3.31. The molecule has 0 atom stereocenters. The van der Waals surface area contributed by atoms with Crippen LogP contribution in [0.3, 0.4) is 0 Å². The molecule has 0 bridgehead atoms. The van der Waals surface area contributed by atoms with Gasteiger partial charge in [0.1, 0.15) is 5.82 Å². The number of amides is 1. The van der Waals surface area contributed by atoms with Gasteiger partial charge in [-0.05, 0) is 31.4 Å². The molecule has 17 heavy (non-hydrogen) atoms. The third-order valence-corrected chi connectivity index (χ3v) is 3.07. The van der Waals surface area contributed by atoms with Gasteiger partial charge >= 0.3 is 0 Å². The normalized spacial score (nSPS) is 14.7. The lowest BCUT2D eigenvalue weighted by Gasteiger charge is -2.16. The Bertz CT molecular complexity index is 427. The number of carbonyl (C=O) groups excluding carboxylic acids is 1. The van der Waals surface area contributed by atoms with Gasteiger partial charge in [0.15, 0.2) is 0 Å². The number of aromatic nitrogens is 1. The SMILES string of the molecule is CCCc1cc(C(=O)N(C)C2CC2)cc(N)n1. The molecule has 4 nitrogen and oxygen atoms in total. The van der Waals surface area contributed by atoms with Crippen LogP contribution in [-0.2, 0) is 6.42 Å². The first-order chi connectivity index (χ1) is 8.11. The minimum absolute atomic E-state index is 0.0546. The van der Waals surface area contributed by atoms with E-state index in [1.807, 2.05) is 18.0 Å². The van der Waals surface area contributed by atoms with E-state index in [0.717, 1.165) is 31.4 Å². The molecule has 0 aromatic carbocycles. The fourth-order valence-corrected chi connectivity index (χ4v) is 1.95. The fraction of sp³-hybridized carbons (Fsp3) is 0.538. The lowest BCUT2D eigenvalue weighted by Crippen LogP contribution is -2.29. The minimum Gasteiger partial charge on any atom is -0.384 e. The highest BCUT2D eigenvalue weighted by Gasteiger charge is 2.30. The number of carbonyl (C=O) groups is 1. The molecule has 1 amide bonds. The number of aryl methyl sites for hydroxylation is 1. The van der Waals surface area contributed by atoms with Crippen LogP contribution in [0.5, 0.6) is 0 Å². The molecule has 1 aliphatic carbocycles. The van der Waals surface area contributed by atoms with Gasteiger partial charge in [0.25, 0.3) is 5.91 Å². The summed E-state index contributed by atoms with van der Waals surface area (Å²) in [4.78, 5) is 18.2. The number of nitrogen functional groups attached to an aromatic ring is 1. The van der Waals surface area contributed by atoms with Crippen molar-refractivity contribution in [2.24, 2.45) is 0 Å². The van der Waals surface area contributed by atoms with E-state index in [2.05, 4.69) is 11.9 Å². The maximum atomic E-state index is 12.2. The molecule has 1 fully saturated rings. The van der Waals surface area contributed by atoms with Gasteiger partial charge in [0.05, 0.1) is 0 Å². The number of nitrogens with two attached hydrogens (primary N) is 1. The van der Waals surface area contributed by atoms with Crippen molar-refractivity contribution in [3.05, 3.63) is 23.4 Å². The summed E-state index contributed by atoms with van der Waals surface area (Å²) in [5, 5.41) is 0. The molecular formula is C13H19N3O. The second-order valence-electron chi connectivity index (χ2n) is 4.67. The monoisotopic (exact) mass is 233 g/mol. The van der Waals surface area contributed by atoms with Gasteiger partial charge in [-0.1, -0.05) is 13.3 Å². The predicted molar refractivity (Wildman–Crippen MR) is 67.8 cm³/mol. The molecule has 1 saturated carbocycles. The van der Waals surface area contributed by atoms with Crippen LogP contribution in [0.15, 0.2) is 12.1 Å². The first-order valence-electron chi connectivity index (χ1n) is 6.15. The Labute approximate surface area is 102 Å². The Hall–Kier alpha value is -1.58. The smallest absolute Gasteiger partial charge is 0.254 e. The molecule has 0 radical (unpaired) electrons. The molecule has 1 aromatic rings. The van der Waals surface area contributed by atoms with Crippen molar-refractivity contribution in [3.63, 3.8) is 0 Å². The predicted octanol–water partition coefficient (Wildman–Crippen LogP) is 1.85. The van der Waals surface area contributed by atoms with Crippen LogP contribution in [0, 0.1) is 0 Å². The van der Waals surface area contributed by atoms with Crippen LogP contribution >= 0.6 is 0 Å². The largest absolute Gasteiger partial charge is 0.384 e. The molecule has 0 aliphatic heterocycles. The zero-order valence-electron chi connectivity index (χ0n) is 10.4. The quantitative estimate of drug-likeness (QED) is 0.863. The van der Waals surface area contributed by atoms with E-state index in [-0.39, 0.29) is 5.91 Å². The minimum atomic E-state index is 0.0546. The Morgan fingerprint density at radius 1 is 1.53 bits per heavy atom. The Balaban J connectivity index is 2.21. The molecule has 0 saturated heterocycles. The maximum Gasteiger partial charge on any atom is 0.254 e. The number of hydrogen-bond donors (Lipinski definition) is 1. The first-order valence-corrected chi connectivity index (χ1v) is 6.15. The zero-order valence-corrected chi connectivity index (χ0v) is 10.4. The second kappa shape index (κ2) is 4.73. The maximum absolute atomic E-state index is 12.2. The van der Waals surface area contributed by atoms with Gasteiger partial charge in [-0.2, -0.15) is 0 Å². The zero-order chi connectivity index (χ0) is 12.4. The van der Waals surface area contributed by atoms with Gasteiger partial charge in [-0.15, -0.1) is 0 Å². The highest BCUT2D eigenvalue weighted by Crippen LogP contribution is 2.27.